The van der Waals surface area contributed by atoms with Gasteiger partial charge in [0.25, 0.3) is 5.91 Å². The number of hydrogen-bond donors (Lipinski definition) is 1. The highest BCUT2D eigenvalue weighted by Gasteiger charge is 2.11. The largest absolute Gasteiger partial charge is 0.491 e. The van der Waals surface area contributed by atoms with Crippen molar-refractivity contribution in [3.05, 3.63) is 65.2 Å². The van der Waals surface area contributed by atoms with E-state index < -0.39 is 0 Å². The molecule has 0 saturated carbocycles. The van der Waals surface area contributed by atoms with Crippen LogP contribution in [-0.4, -0.2) is 12.0 Å². The third-order valence-corrected chi connectivity index (χ3v) is 3.72. The van der Waals surface area contributed by atoms with E-state index in [1.165, 1.54) is 5.56 Å². The van der Waals surface area contributed by atoms with Crippen LogP contribution >= 0.6 is 0 Å². The molecule has 2 rings (SSSR count). The number of ether oxygens (including phenoxy) is 1. The summed E-state index contributed by atoms with van der Waals surface area (Å²) in [5.41, 5.74) is 3.04. The first-order valence-corrected chi connectivity index (χ1v) is 8.16. The smallest absolute Gasteiger partial charge is 0.251 e. The fraction of sp³-hybridized carbons (Fsp3) is 0.350. The molecule has 0 spiro atoms. The van der Waals surface area contributed by atoms with Crippen molar-refractivity contribution in [2.75, 3.05) is 0 Å². The van der Waals surface area contributed by atoms with Crippen molar-refractivity contribution < 1.29 is 9.53 Å². The molecule has 3 heteroatoms. The van der Waals surface area contributed by atoms with Gasteiger partial charge >= 0.3 is 0 Å². The maximum Gasteiger partial charge on any atom is 0.251 e. The van der Waals surface area contributed by atoms with Gasteiger partial charge in [0.15, 0.2) is 0 Å². The van der Waals surface area contributed by atoms with Gasteiger partial charge in [-0.05, 0) is 62.6 Å². The summed E-state index contributed by atoms with van der Waals surface area (Å²) >= 11 is 0. The molecule has 1 N–H and O–H groups in total. The van der Waals surface area contributed by atoms with Crippen LogP contribution < -0.4 is 10.1 Å². The van der Waals surface area contributed by atoms with Gasteiger partial charge in [-0.1, -0.05) is 31.2 Å². The topological polar surface area (TPSA) is 38.3 Å². The summed E-state index contributed by atoms with van der Waals surface area (Å²) in [6.45, 7) is 8.08. The molecule has 2 aromatic rings. The Kier molecular flexibility index (Phi) is 5.80. The Bertz CT molecular complexity index is 630. The van der Waals surface area contributed by atoms with E-state index >= 15 is 0 Å². The van der Waals surface area contributed by atoms with E-state index in [-0.39, 0.29) is 18.1 Å². The fourth-order valence-corrected chi connectivity index (χ4v) is 2.36. The van der Waals surface area contributed by atoms with E-state index in [1.54, 1.807) is 12.1 Å². The monoisotopic (exact) mass is 311 g/mol. The molecule has 0 bridgehead atoms. The first-order chi connectivity index (χ1) is 11.0. The van der Waals surface area contributed by atoms with Gasteiger partial charge in [0.2, 0.25) is 0 Å². The van der Waals surface area contributed by atoms with E-state index in [0.717, 1.165) is 17.7 Å². The molecule has 1 amide bonds. The maximum absolute atomic E-state index is 12.3. The van der Waals surface area contributed by atoms with Crippen LogP contribution in [0.5, 0.6) is 5.75 Å². The lowest BCUT2D eigenvalue weighted by molar-refractivity contribution is 0.0940. The first kappa shape index (κ1) is 17.1. The lowest BCUT2D eigenvalue weighted by Crippen LogP contribution is -2.26. The molecule has 0 heterocycles. The standard InChI is InChI=1S/C20H25NO2/c1-5-16-6-8-17(9-7-16)15(4)21-20(22)18-10-12-19(13-11-18)23-14(2)3/h6-15H,5H2,1-4H3,(H,21,22)/t15-/m0/s1. The Morgan fingerprint density at radius 2 is 1.61 bits per heavy atom. The Morgan fingerprint density at radius 1 is 1.00 bits per heavy atom. The molecular weight excluding hydrogens is 286 g/mol. The van der Waals surface area contributed by atoms with Crippen molar-refractivity contribution in [1.82, 2.24) is 5.32 Å². The van der Waals surface area contributed by atoms with E-state index in [1.807, 2.05) is 32.9 Å². The van der Waals surface area contributed by atoms with Gasteiger partial charge < -0.3 is 10.1 Å². The van der Waals surface area contributed by atoms with Crippen molar-refractivity contribution in [3.8, 4) is 5.75 Å². The molecule has 0 aliphatic heterocycles. The zero-order valence-electron chi connectivity index (χ0n) is 14.3. The van der Waals surface area contributed by atoms with Gasteiger partial charge in [0.05, 0.1) is 12.1 Å². The van der Waals surface area contributed by atoms with Crippen LogP contribution in [0.1, 0.15) is 55.2 Å². The molecular formula is C20H25NO2. The van der Waals surface area contributed by atoms with Crippen LogP contribution in [-0.2, 0) is 6.42 Å². The highest BCUT2D eigenvalue weighted by Crippen LogP contribution is 2.17. The number of aryl methyl sites for hydroxylation is 1. The Balaban J connectivity index is 1.99. The first-order valence-electron chi connectivity index (χ1n) is 8.16. The van der Waals surface area contributed by atoms with Gasteiger partial charge in [-0.25, -0.2) is 0 Å². The average molecular weight is 311 g/mol. The van der Waals surface area contributed by atoms with Crippen LogP contribution in [0.3, 0.4) is 0 Å². The molecule has 0 aliphatic carbocycles. The van der Waals surface area contributed by atoms with Gasteiger partial charge in [-0.15, -0.1) is 0 Å². The molecule has 3 nitrogen and oxygen atoms in total. The Hall–Kier alpha value is -2.29. The second kappa shape index (κ2) is 7.82. The number of amides is 1. The van der Waals surface area contributed by atoms with Crippen molar-refractivity contribution in [2.45, 2.75) is 46.3 Å². The summed E-state index contributed by atoms with van der Waals surface area (Å²) in [4.78, 5) is 12.3. The summed E-state index contributed by atoms with van der Waals surface area (Å²) in [5.74, 6) is 0.702. The molecule has 2 aromatic carbocycles. The predicted molar refractivity (Wildman–Crippen MR) is 93.9 cm³/mol. The van der Waals surface area contributed by atoms with Crippen LogP contribution in [0.4, 0.5) is 0 Å². The molecule has 0 saturated heterocycles. The van der Waals surface area contributed by atoms with E-state index in [4.69, 9.17) is 4.74 Å². The SMILES string of the molecule is CCc1ccc([C@H](C)NC(=O)c2ccc(OC(C)C)cc2)cc1. The second-order valence-corrected chi connectivity index (χ2v) is 5.98. The summed E-state index contributed by atoms with van der Waals surface area (Å²) in [6, 6.07) is 15.6. The Labute approximate surface area is 138 Å². The van der Waals surface area contributed by atoms with Crippen molar-refractivity contribution in [1.29, 1.82) is 0 Å². The number of rotatable bonds is 6. The normalized spacial score (nSPS) is 12.0. The quantitative estimate of drug-likeness (QED) is 0.851. The van der Waals surface area contributed by atoms with E-state index in [9.17, 15) is 4.79 Å². The van der Waals surface area contributed by atoms with E-state index in [0.29, 0.717) is 5.56 Å². The molecule has 1 atom stereocenters. The zero-order chi connectivity index (χ0) is 16.8. The fourth-order valence-electron chi connectivity index (χ4n) is 2.36. The highest BCUT2D eigenvalue weighted by atomic mass is 16.5. The number of hydrogen-bond acceptors (Lipinski definition) is 2. The van der Waals surface area contributed by atoms with Gasteiger partial charge in [0.1, 0.15) is 5.75 Å². The Morgan fingerprint density at radius 3 is 2.13 bits per heavy atom. The maximum atomic E-state index is 12.3. The zero-order valence-corrected chi connectivity index (χ0v) is 14.3. The molecule has 122 valence electrons. The van der Waals surface area contributed by atoms with Crippen molar-refractivity contribution in [2.24, 2.45) is 0 Å². The van der Waals surface area contributed by atoms with Crippen LogP contribution in [0.25, 0.3) is 0 Å². The van der Waals surface area contributed by atoms with Crippen LogP contribution in [0, 0.1) is 0 Å². The minimum Gasteiger partial charge on any atom is -0.491 e. The summed E-state index contributed by atoms with van der Waals surface area (Å²) in [5, 5.41) is 3.03. The molecule has 0 radical (unpaired) electrons. The van der Waals surface area contributed by atoms with Gasteiger partial charge in [-0.2, -0.15) is 0 Å². The molecule has 0 unspecified atom stereocenters. The minimum atomic E-state index is -0.0758. The van der Waals surface area contributed by atoms with Gasteiger partial charge in [0, 0.05) is 5.56 Å². The number of nitrogens with one attached hydrogen (secondary N) is 1. The summed E-state index contributed by atoms with van der Waals surface area (Å²) in [6.07, 6.45) is 1.15. The van der Waals surface area contributed by atoms with Crippen LogP contribution in [0.2, 0.25) is 0 Å². The van der Waals surface area contributed by atoms with Crippen molar-refractivity contribution in [3.63, 3.8) is 0 Å². The molecule has 0 aromatic heterocycles. The predicted octanol–water partition coefficient (Wildman–Crippen LogP) is 4.53. The lowest BCUT2D eigenvalue weighted by Gasteiger charge is -2.15. The van der Waals surface area contributed by atoms with Gasteiger partial charge in [-0.3, -0.25) is 4.79 Å². The highest BCUT2D eigenvalue weighted by molar-refractivity contribution is 5.94. The van der Waals surface area contributed by atoms with Crippen molar-refractivity contribution >= 4 is 5.91 Å². The molecule has 0 fully saturated rings. The van der Waals surface area contributed by atoms with E-state index in [2.05, 4.69) is 36.5 Å². The number of benzene rings is 2. The molecule has 0 aliphatic rings. The van der Waals surface area contributed by atoms with Crippen LogP contribution in [0.15, 0.2) is 48.5 Å². The minimum absolute atomic E-state index is 0.0278. The summed E-state index contributed by atoms with van der Waals surface area (Å²) < 4.78 is 5.59. The molecule has 23 heavy (non-hydrogen) atoms. The third kappa shape index (κ3) is 4.85. The number of carbonyl (C=O) groups is 1. The third-order valence-electron chi connectivity index (χ3n) is 3.72. The average Bonchev–Trinajstić information content (AvgIpc) is 2.55. The summed E-state index contributed by atoms with van der Waals surface area (Å²) in [7, 11) is 0. The number of carbonyl (C=O) groups excluding carboxylic acids is 1. The second-order valence-electron chi connectivity index (χ2n) is 5.98. The lowest BCUT2D eigenvalue weighted by atomic mass is 10.0.